The maximum atomic E-state index is 13.2. The number of carboxylic acids is 1. The lowest BCUT2D eigenvalue weighted by Gasteiger charge is -2.25. The van der Waals surface area contributed by atoms with Crippen LogP contribution in [0.2, 0.25) is 0 Å². The Kier molecular flexibility index (Phi) is 15.0. The number of nitrogens with one attached hydrogen (secondary N) is 1. The summed E-state index contributed by atoms with van der Waals surface area (Å²) in [5.74, 6) is -1.80. The van der Waals surface area contributed by atoms with Crippen LogP contribution in [0.25, 0.3) is 21.5 Å². The molecule has 272 valence electrons. The number of hydrogen-bond acceptors (Lipinski definition) is 9. The average molecular weight is 702 g/mol. The highest BCUT2D eigenvalue weighted by Gasteiger charge is 2.27. The van der Waals surface area contributed by atoms with Gasteiger partial charge in [-0.2, -0.15) is 0 Å². The third kappa shape index (κ3) is 12.0. The molecule has 2 N–H and O–H groups in total. The molecule has 1 fully saturated rings. The molecular formula is C39H47N3O9. The summed E-state index contributed by atoms with van der Waals surface area (Å²) in [5, 5.41) is 16.9. The highest BCUT2D eigenvalue weighted by Crippen LogP contribution is 2.29. The van der Waals surface area contributed by atoms with E-state index in [1.807, 2.05) is 6.07 Å². The predicted octanol–water partition coefficient (Wildman–Crippen LogP) is 4.47. The van der Waals surface area contributed by atoms with Crippen LogP contribution in [0.3, 0.4) is 0 Å². The molecule has 1 aliphatic heterocycles. The number of ether oxygens (including phenoxy) is 5. The first kappa shape index (κ1) is 37.7. The van der Waals surface area contributed by atoms with Crippen LogP contribution in [-0.4, -0.2) is 118 Å². The van der Waals surface area contributed by atoms with Crippen molar-refractivity contribution < 1.29 is 43.2 Å². The van der Waals surface area contributed by atoms with Crippen LogP contribution in [0.4, 0.5) is 4.79 Å². The van der Waals surface area contributed by atoms with E-state index in [2.05, 4.69) is 64.8 Å². The molecule has 0 spiro atoms. The molecule has 4 aromatic carbocycles. The third-order valence-electron chi connectivity index (χ3n) is 8.66. The first-order valence-electron chi connectivity index (χ1n) is 17.4. The second-order valence-corrected chi connectivity index (χ2v) is 12.2. The van der Waals surface area contributed by atoms with E-state index in [0.29, 0.717) is 52.7 Å². The second kappa shape index (κ2) is 20.3. The Labute approximate surface area is 298 Å². The van der Waals surface area contributed by atoms with Crippen molar-refractivity contribution in [2.75, 3.05) is 79.0 Å². The van der Waals surface area contributed by atoms with Gasteiger partial charge in [-0.3, -0.25) is 9.69 Å². The minimum Gasteiger partial charge on any atom is -0.480 e. The van der Waals surface area contributed by atoms with Crippen molar-refractivity contribution in [3.05, 3.63) is 96.1 Å². The number of carbonyl (C=O) groups excluding carboxylic acids is 2. The van der Waals surface area contributed by atoms with Gasteiger partial charge in [0.1, 0.15) is 12.6 Å². The topological polar surface area (TPSA) is 136 Å². The maximum absolute atomic E-state index is 13.2. The number of aliphatic carboxylic acids is 1. The van der Waals surface area contributed by atoms with Crippen LogP contribution in [0.5, 0.6) is 0 Å². The Morgan fingerprint density at radius 1 is 0.686 bits per heavy atom. The van der Waals surface area contributed by atoms with Gasteiger partial charge in [-0.05, 0) is 38.7 Å². The molecule has 0 aliphatic carbocycles. The summed E-state index contributed by atoms with van der Waals surface area (Å²) in [6, 6.07) is 26.8. The normalized spacial score (nSPS) is 16.9. The van der Waals surface area contributed by atoms with Crippen molar-refractivity contribution >= 4 is 39.5 Å². The monoisotopic (exact) mass is 701 g/mol. The molecule has 1 atom stereocenters. The van der Waals surface area contributed by atoms with Gasteiger partial charge < -0.3 is 39.0 Å². The fourth-order valence-electron chi connectivity index (χ4n) is 5.92. The minimum absolute atomic E-state index is 0.0258. The molecule has 2 amide bonds. The molecule has 12 nitrogen and oxygen atoms in total. The first-order valence-corrected chi connectivity index (χ1v) is 17.4. The Balaban J connectivity index is 1.12. The second-order valence-electron chi connectivity index (χ2n) is 12.2. The van der Waals surface area contributed by atoms with Crippen LogP contribution in [0.15, 0.2) is 84.9 Å². The molecule has 1 heterocycles. The van der Waals surface area contributed by atoms with Crippen molar-refractivity contribution in [1.82, 2.24) is 15.1 Å². The van der Waals surface area contributed by atoms with E-state index in [1.54, 1.807) is 24.3 Å². The molecule has 0 radical (unpaired) electrons. The third-order valence-corrected chi connectivity index (χ3v) is 8.66. The zero-order valence-corrected chi connectivity index (χ0v) is 28.9. The molecule has 5 rings (SSSR count). The highest BCUT2D eigenvalue weighted by molar-refractivity contribution is 6.02. The van der Waals surface area contributed by atoms with Crippen molar-refractivity contribution in [2.45, 2.75) is 25.6 Å². The van der Waals surface area contributed by atoms with Gasteiger partial charge in [-0.25, -0.2) is 9.59 Å². The van der Waals surface area contributed by atoms with Gasteiger partial charge in [0.15, 0.2) is 0 Å². The number of benzene rings is 4. The minimum atomic E-state index is -1.46. The van der Waals surface area contributed by atoms with Crippen LogP contribution < -0.4 is 5.32 Å². The van der Waals surface area contributed by atoms with Crippen molar-refractivity contribution in [1.29, 1.82) is 0 Å². The van der Waals surface area contributed by atoms with E-state index in [1.165, 1.54) is 32.0 Å². The van der Waals surface area contributed by atoms with Gasteiger partial charge in [-0.1, -0.05) is 78.9 Å². The van der Waals surface area contributed by atoms with Gasteiger partial charge in [0.25, 0.3) is 0 Å². The van der Waals surface area contributed by atoms with Crippen molar-refractivity contribution in [2.24, 2.45) is 0 Å². The summed E-state index contributed by atoms with van der Waals surface area (Å²) in [7, 11) is 0. The number of carbonyl (C=O) groups is 3. The summed E-state index contributed by atoms with van der Waals surface area (Å²) in [6.45, 7) is 5.48. The van der Waals surface area contributed by atoms with Crippen LogP contribution in [-0.2, 0) is 46.4 Å². The van der Waals surface area contributed by atoms with E-state index < -0.39 is 30.4 Å². The van der Waals surface area contributed by atoms with Gasteiger partial charge in [0.05, 0.1) is 59.3 Å². The standard InChI is InChI=1S/C39H47N3O9/c43-37(27-36(38(44)45)40-39(46)51-29-30-8-2-1-3-9-30)42-16-20-49-24-22-47-18-14-41(15-19-48-23-25-50-21-17-42)28-35-33-12-6-4-10-31(33)26-32-11-5-7-13-34(32)35/h1-13,26,36H,14-25,27-29H2,(H,40,46)(H,44,45)/t36-/m0/s1. The highest BCUT2D eigenvalue weighted by atomic mass is 16.5. The van der Waals surface area contributed by atoms with Crippen LogP contribution in [0.1, 0.15) is 17.5 Å². The predicted molar refractivity (Wildman–Crippen MR) is 192 cm³/mol. The Morgan fingerprint density at radius 2 is 1.20 bits per heavy atom. The maximum Gasteiger partial charge on any atom is 0.408 e. The quantitative estimate of drug-likeness (QED) is 0.253. The van der Waals surface area contributed by atoms with E-state index in [4.69, 9.17) is 23.7 Å². The van der Waals surface area contributed by atoms with Crippen LogP contribution in [0, 0.1) is 0 Å². The van der Waals surface area contributed by atoms with E-state index in [-0.39, 0.29) is 32.9 Å². The van der Waals surface area contributed by atoms with Crippen molar-refractivity contribution in [3.8, 4) is 0 Å². The smallest absolute Gasteiger partial charge is 0.408 e. The Morgan fingerprint density at radius 3 is 1.75 bits per heavy atom. The summed E-state index contributed by atoms with van der Waals surface area (Å²) in [4.78, 5) is 41.3. The lowest BCUT2D eigenvalue weighted by Crippen LogP contribution is -2.46. The van der Waals surface area contributed by atoms with E-state index in [9.17, 15) is 19.5 Å². The molecule has 0 bridgehead atoms. The van der Waals surface area contributed by atoms with Crippen LogP contribution >= 0.6 is 0 Å². The van der Waals surface area contributed by atoms with Gasteiger partial charge in [0, 0.05) is 32.7 Å². The van der Waals surface area contributed by atoms with Gasteiger partial charge in [-0.15, -0.1) is 0 Å². The van der Waals surface area contributed by atoms with E-state index in [0.717, 1.165) is 12.1 Å². The Hall–Kier alpha value is -4.59. The molecule has 12 heteroatoms. The summed E-state index contributed by atoms with van der Waals surface area (Å²) in [5.41, 5.74) is 2.03. The zero-order chi connectivity index (χ0) is 35.7. The number of nitrogens with zero attached hydrogens (tertiary/aromatic N) is 2. The Bertz CT molecular complexity index is 1630. The molecule has 1 saturated heterocycles. The first-order chi connectivity index (χ1) is 25.0. The number of fused-ring (bicyclic) bond motifs is 2. The number of hydrogen-bond donors (Lipinski definition) is 2. The summed E-state index contributed by atoms with van der Waals surface area (Å²) in [6.07, 6.45) is -1.37. The lowest BCUT2D eigenvalue weighted by molar-refractivity contribution is -0.143. The number of alkyl carbamates (subject to hydrolysis) is 1. The van der Waals surface area contributed by atoms with E-state index >= 15 is 0 Å². The number of amides is 2. The summed E-state index contributed by atoms with van der Waals surface area (Å²) >= 11 is 0. The molecule has 0 saturated carbocycles. The zero-order valence-electron chi connectivity index (χ0n) is 28.9. The fourth-order valence-corrected chi connectivity index (χ4v) is 5.92. The molecule has 1 aliphatic rings. The molecule has 0 aromatic heterocycles. The number of rotatable bonds is 8. The molecular weight excluding hydrogens is 654 g/mol. The summed E-state index contributed by atoms with van der Waals surface area (Å²) < 4.78 is 28.6. The number of carboxylic acid groups (broad SMARTS) is 1. The average Bonchev–Trinajstić information content (AvgIpc) is 3.14. The molecule has 4 aromatic rings. The SMILES string of the molecule is O=C(N[C@@H](CC(=O)N1CCOCCOCCN(Cc2c3ccccc3cc3ccccc23)CCOCCOCC1)C(=O)O)OCc1ccccc1. The molecule has 0 unspecified atom stereocenters. The van der Waals surface area contributed by atoms with Gasteiger partial charge >= 0.3 is 12.1 Å². The van der Waals surface area contributed by atoms with Gasteiger partial charge in [0.2, 0.25) is 5.91 Å². The fraction of sp³-hybridized carbons (Fsp3) is 0.410. The lowest BCUT2D eigenvalue weighted by atomic mass is 9.96. The molecule has 51 heavy (non-hydrogen) atoms. The van der Waals surface area contributed by atoms with Crippen molar-refractivity contribution in [3.63, 3.8) is 0 Å². The largest absolute Gasteiger partial charge is 0.480 e.